The van der Waals surface area contributed by atoms with Crippen LogP contribution in [0.4, 0.5) is 30.6 Å². The number of halogens is 3. The molecule has 1 N–H and O–H groups in total. The minimum absolute atomic E-state index is 0.00329. The largest absolute Gasteiger partial charge is 0.428 e. The molecule has 2 fully saturated rings. The lowest BCUT2D eigenvalue weighted by Crippen LogP contribution is -2.30. The Morgan fingerprint density at radius 3 is 2.59 bits per heavy atom. The molecule has 3 heterocycles. The fourth-order valence-corrected chi connectivity index (χ4v) is 3.79. The minimum atomic E-state index is -2.79. The number of hydrogen-bond donors (Lipinski definition) is 1. The Labute approximate surface area is 166 Å². The topological polar surface area (TPSA) is 61.6 Å². The van der Waals surface area contributed by atoms with Crippen molar-refractivity contribution in [3.05, 3.63) is 35.5 Å². The van der Waals surface area contributed by atoms with E-state index in [1.165, 1.54) is 11.0 Å². The maximum atomic E-state index is 14.5. The molecule has 29 heavy (non-hydrogen) atoms. The summed E-state index contributed by atoms with van der Waals surface area (Å²) in [5.74, 6) is -3.55. The van der Waals surface area contributed by atoms with E-state index < -0.39 is 24.2 Å². The Hall–Kier alpha value is -2.71. The smallest absolute Gasteiger partial charge is 0.298 e. The van der Waals surface area contributed by atoms with Gasteiger partial charge in [0.05, 0.1) is 12.2 Å². The van der Waals surface area contributed by atoms with Crippen LogP contribution in [-0.4, -0.2) is 43.0 Å². The lowest BCUT2D eigenvalue weighted by atomic mass is 10.1. The number of aromatic nitrogens is 1. The zero-order chi connectivity index (χ0) is 20.6. The van der Waals surface area contributed by atoms with E-state index in [0.29, 0.717) is 11.4 Å². The quantitative estimate of drug-likeness (QED) is 0.821. The van der Waals surface area contributed by atoms with Crippen LogP contribution in [0.25, 0.3) is 0 Å². The van der Waals surface area contributed by atoms with Gasteiger partial charge in [0.15, 0.2) is 5.69 Å². The SMILES string of the molecule is Cc1oc(N2CCC(F)(F)C2)nc1C(=O)Nc1ccc(N2CCCCC2)c(F)c1. The Kier molecular flexibility index (Phi) is 5.14. The maximum Gasteiger partial charge on any atom is 0.298 e. The first kappa shape index (κ1) is 19.6. The summed E-state index contributed by atoms with van der Waals surface area (Å²) in [7, 11) is 0. The number of rotatable bonds is 4. The van der Waals surface area contributed by atoms with E-state index in [1.807, 2.05) is 4.90 Å². The van der Waals surface area contributed by atoms with Crippen LogP contribution in [0.3, 0.4) is 0 Å². The van der Waals surface area contributed by atoms with E-state index in [2.05, 4.69) is 10.3 Å². The molecule has 9 heteroatoms. The summed E-state index contributed by atoms with van der Waals surface area (Å²) in [6, 6.07) is 4.57. The first-order valence-corrected chi connectivity index (χ1v) is 9.78. The number of nitrogens with zero attached hydrogens (tertiary/aromatic N) is 3. The molecule has 2 aliphatic heterocycles. The van der Waals surface area contributed by atoms with Gasteiger partial charge in [-0.05, 0) is 44.4 Å². The van der Waals surface area contributed by atoms with Crippen LogP contribution in [-0.2, 0) is 0 Å². The van der Waals surface area contributed by atoms with E-state index in [4.69, 9.17) is 4.42 Å². The molecule has 0 atom stereocenters. The number of alkyl halides is 2. The highest BCUT2D eigenvalue weighted by atomic mass is 19.3. The molecule has 2 aromatic rings. The van der Waals surface area contributed by atoms with Crippen LogP contribution in [0, 0.1) is 12.7 Å². The zero-order valence-corrected chi connectivity index (χ0v) is 16.2. The Morgan fingerprint density at radius 1 is 1.17 bits per heavy atom. The minimum Gasteiger partial charge on any atom is -0.428 e. The highest BCUT2D eigenvalue weighted by Crippen LogP contribution is 2.31. The van der Waals surface area contributed by atoms with Crippen LogP contribution in [0.5, 0.6) is 0 Å². The molecule has 4 rings (SSSR count). The fraction of sp³-hybridized carbons (Fsp3) is 0.500. The van der Waals surface area contributed by atoms with E-state index >= 15 is 0 Å². The molecule has 1 aromatic heterocycles. The van der Waals surface area contributed by atoms with Gasteiger partial charge in [0, 0.05) is 31.7 Å². The second-order valence-corrected chi connectivity index (χ2v) is 7.60. The van der Waals surface area contributed by atoms with Crippen molar-refractivity contribution in [2.45, 2.75) is 38.5 Å². The number of carbonyl (C=O) groups excluding carboxylic acids is 1. The highest BCUT2D eigenvalue weighted by molar-refractivity contribution is 6.03. The second kappa shape index (κ2) is 7.61. The van der Waals surface area contributed by atoms with Crippen LogP contribution >= 0.6 is 0 Å². The Balaban J connectivity index is 1.46. The van der Waals surface area contributed by atoms with Gasteiger partial charge in [0.1, 0.15) is 11.6 Å². The number of anilines is 3. The molecule has 0 spiro atoms. The van der Waals surface area contributed by atoms with Crippen molar-refractivity contribution in [3.8, 4) is 0 Å². The monoisotopic (exact) mass is 408 g/mol. The third-order valence-corrected chi connectivity index (χ3v) is 5.34. The first-order valence-electron chi connectivity index (χ1n) is 9.78. The maximum absolute atomic E-state index is 14.5. The second-order valence-electron chi connectivity index (χ2n) is 7.60. The summed E-state index contributed by atoms with van der Waals surface area (Å²) < 4.78 is 46.8. The van der Waals surface area contributed by atoms with Gasteiger partial charge in [0.25, 0.3) is 17.8 Å². The summed E-state index contributed by atoms with van der Waals surface area (Å²) >= 11 is 0. The van der Waals surface area contributed by atoms with Crippen molar-refractivity contribution in [1.29, 1.82) is 0 Å². The molecule has 1 aromatic carbocycles. The van der Waals surface area contributed by atoms with E-state index in [9.17, 15) is 18.0 Å². The van der Waals surface area contributed by atoms with Gasteiger partial charge in [-0.1, -0.05) is 0 Å². The van der Waals surface area contributed by atoms with Crippen molar-refractivity contribution in [1.82, 2.24) is 4.98 Å². The molecule has 0 saturated carbocycles. The fourth-order valence-electron chi connectivity index (χ4n) is 3.79. The van der Waals surface area contributed by atoms with Crippen molar-refractivity contribution >= 4 is 23.3 Å². The van der Waals surface area contributed by atoms with Gasteiger partial charge in [-0.15, -0.1) is 0 Å². The summed E-state index contributed by atoms with van der Waals surface area (Å²) in [6.07, 6.45) is 2.95. The van der Waals surface area contributed by atoms with Crippen molar-refractivity contribution in [2.75, 3.05) is 41.3 Å². The number of benzene rings is 1. The average Bonchev–Trinajstić information content (AvgIpc) is 3.24. The number of hydrogen-bond acceptors (Lipinski definition) is 5. The highest BCUT2D eigenvalue weighted by Gasteiger charge is 2.40. The molecule has 2 saturated heterocycles. The predicted molar refractivity (Wildman–Crippen MR) is 103 cm³/mol. The molecule has 2 aliphatic rings. The summed E-state index contributed by atoms with van der Waals surface area (Å²) in [6.45, 7) is 2.80. The van der Waals surface area contributed by atoms with Gasteiger partial charge < -0.3 is 19.5 Å². The van der Waals surface area contributed by atoms with Crippen LogP contribution in [0.2, 0.25) is 0 Å². The lowest BCUT2D eigenvalue weighted by molar-refractivity contribution is 0.0254. The standard InChI is InChI=1S/C20H23F3N4O2/c1-13-17(25-19(29-13)27-10-7-20(22,23)12-27)18(28)24-14-5-6-16(15(21)11-14)26-8-3-2-4-9-26/h5-6,11H,2-4,7-10,12H2,1H3,(H,24,28). The molecule has 0 radical (unpaired) electrons. The van der Waals surface area contributed by atoms with E-state index in [-0.39, 0.29) is 30.4 Å². The van der Waals surface area contributed by atoms with Crippen LogP contribution < -0.4 is 15.1 Å². The first-order chi connectivity index (χ1) is 13.8. The number of aryl methyl sites for hydroxylation is 1. The third-order valence-electron chi connectivity index (χ3n) is 5.34. The van der Waals surface area contributed by atoms with Crippen molar-refractivity contribution in [2.24, 2.45) is 0 Å². The van der Waals surface area contributed by atoms with Gasteiger partial charge in [-0.2, -0.15) is 4.98 Å². The Morgan fingerprint density at radius 2 is 1.93 bits per heavy atom. The molecule has 0 unspecified atom stereocenters. The summed E-state index contributed by atoms with van der Waals surface area (Å²) in [5.41, 5.74) is 0.818. The average molecular weight is 408 g/mol. The molecular weight excluding hydrogens is 385 g/mol. The molecule has 1 amide bonds. The predicted octanol–water partition coefficient (Wildman–Crippen LogP) is 4.21. The summed E-state index contributed by atoms with van der Waals surface area (Å²) in [5, 5.41) is 2.60. The number of carbonyl (C=O) groups is 1. The molecule has 6 nitrogen and oxygen atoms in total. The van der Waals surface area contributed by atoms with E-state index in [0.717, 1.165) is 32.4 Å². The molecular formula is C20H23F3N4O2. The zero-order valence-electron chi connectivity index (χ0n) is 16.2. The van der Waals surface area contributed by atoms with Gasteiger partial charge >= 0.3 is 0 Å². The summed E-state index contributed by atoms with van der Waals surface area (Å²) in [4.78, 5) is 20.0. The van der Waals surface area contributed by atoms with Crippen molar-refractivity contribution in [3.63, 3.8) is 0 Å². The molecule has 0 bridgehead atoms. The van der Waals surface area contributed by atoms with E-state index in [1.54, 1.807) is 19.1 Å². The Bertz CT molecular complexity index is 909. The van der Waals surface area contributed by atoms with Crippen LogP contribution in [0.1, 0.15) is 41.9 Å². The third kappa shape index (κ3) is 4.18. The van der Waals surface area contributed by atoms with Gasteiger partial charge in [-0.3, -0.25) is 4.79 Å². The normalized spacial score (nSPS) is 18.9. The number of amides is 1. The van der Waals surface area contributed by atoms with Gasteiger partial charge in [0.2, 0.25) is 0 Å². The van der Waals surface area contributed by atoms with Crippen LogP contribution in [0.15, 0.2) is 22.6 Å². The van der Waals surface area contributed by atoms with Gasteiger partial charge in [-0.25, -0.2) is 13.2 Å². The lowest BCUT2D eigenvalue weighted by Gasteiger charge is -2.29. The molecule has 156 valence electrons. The number of nitrogens with one attached hydrogen (secondary N) is 1. The van der Waals surface area contributed by atoms with Crippen molar-refractivity contribution < 1.29 is 22.4 Å². The molecule has 0 aliphatic carbocycles. The number of oxazole rings is 1. The number of piperidine rings is 1.